The second kappa shape index (κ2) is 9.04. The van der Waals surface area contributed by atoms with Crippen LogP contribution in [0.5, 0.6) is 5.75 Å². The number of benzene rings is 1. The van der Waals surface area contributed by atoms with E-state index in [0.717, 1.165) is 35.3 Å². The molecule has 0 saturated heterocycles. The van der Waals surface area contributed by atoms with E-state index in [0.29, 0.717) is 22.2 Å². The predicted octanol–water partition coefficient (Wildman–Crippen LogP) is 5.38. The summed E-state index contributed by atoms with van der Waals surface area (Å²) in [5.41, 5.74) is 2.67. The highest BCUT2D eigenvalue weighted by molar-refractivity contribution is 7.80. The van der Waals surface area contributed by atoms with E-state index in [9.17, 15) is 13.6 Å². The Balaban J connectivity index is 1.85. The molecule has 2 aromatic rings. The highest BCUT2D eigenvalue weighted by Gasteiger charge is 2.28. The molecule has 0 radical (unpaired) electrons. The van der Waals surface area contributed by atoms with Gasteiger partial charge in [0.15, 0.2) is 5.11 Å². The van der Waals surface area contributed by atoms with Crippen molar-refractivity contribution in [2.75, 3.05) is 17.7 Å². The summed E-state index contributed by atoms with van der Waals surface area (Å²) in [6.07, 6.45) is 2.72. The predicted molar refractivity (Wildman–Crippen MR) is 115 cm³/mol. The number of methoxy groups -OCH3 is 1. The van der Waals surface area contributed by atoms with Crippen molar-refractivity contribution < 1.29 is 23.0 Å². The lowest BCUT2D eigenvalue weighted by Crippen LogP contribution is -2.21. The molecule has 5 nitrogen and oxygen atoms in total. The molecule has 1 aliphatic rings. The van der Waals surface area contributed by atoms with Gasteiger partial charge in [0, 0.05) is 4.88 Å². The Morgan fingerprint density at radius 1 is 1.34 bits per heavy atom. The average Bonchev–Trinajstić information content (AvgIpc) is 2.99. The second-order valence-corrected chi connectivity index (χ2v) is 8.52. The molecule has 0 saturated carbocycles. The van der Waals surface area contributed by atoms with Crippen molar-refractivity contribution in [1.29, 1.82) is 0 Å². The van der Waals surface area contributed by atoms with Crippen LogP contribution in [0, 0.1) is 12.8 Å². The van der Waals surface area contributed by atoms with Gasteiger partial charge in [-0.2, -0.15) is 8.78 Å². The fourth-order valence-corrected chi connectivity index (χ4v) is 5.03. The Labute approximate surface area is 177 Å². The molecule has 0 bridgehead atoms. The monoisotopic (exact) mass is 440 g/mol. The molecular weight excluding hydrogens is 418 g/mol. The first kappa shape index (κ1) is 21.4. The smallest absolute Gasteiger partial charge is 0.387 e. The van der Waals surface area contributed by atoms with Crippen molar-refractivity contribution in [2.24, 2.45) is 5.92 Å². The van der Waals surface area contributed by atoms with Gasteiger partial charge < -0.3 is 20.1 Å². The van der Waals surface area contributed by atoms with Gasteiger partial charge in [0.05, 0.1) is 18.4 Å². The molecule has 1 aromatic heterocycles. The summed E-state index contributed by atoms with van der Waals surface area (Å²) in [6, 6.07) is 4.79. The molecule has 29 heavy (non-hydrogen) atoms. The van der Waals surface area contributed by atoms with E-state index in [4.69, 9.17) is 17.0 Å². The van der Waals surface area contributed by atoms with Gasteiger partial charge in [0.1, 0.15) is 10.8 Å². The number of fused-ring (bicyclic) bond motifs is 1. The summed E-state index contributed by atoms with van der Waals surface area (Å²) >= 11 is 6.85. The summed E-state index contributed by atoms with van der Waals surface area (Å²) in [5, 5.41) is 6.70. The number of halogens is 2. The fourth-order valence-electron chi connectivity index (χ4n) is 3.35. The Bertz CT molecular complexity index is 931. The molecule has 156 valence electrons. The number of rotatable bonds is 5. The van der Waals surface area contributed by atoms with E-state index in [1.54, 1.807) is 12.1 Å². The van der Waals surface area contributed by atoms with Crippen LogP contribution in [0.1, 0.15) is 39.7 Å². The van der Waals surface area contributed by atoms with E-state index in [1.807, 2.05) is 6.92 Å². The van der Waals surface area contributed by atoms with Gasteiger partial charge in [-0.3, -0.25) is 0 Å². The van der Waals surface area contributed by atoms with Gasteiger partial charge in [-0.15, -0.1) is 11.3 Å². The number of thiocarbonyl (C=S) groups is 1. The van der Waals surface area contributed by atoms with Gasteiger partial charge >= 0.3 is 12.6 Å². The highest BCUT2D eigenvalue weighted by atomic mass is 32.1. The molecule has 0 spiro atoms. The van der Waals surface area contributed by atoms with Crippen LogP contribution < -0.4 is 15.4 Å². The summed E-state index contributed by atoms with van der Waals surface area (Å²) in [6.45, 7) is 1.07. The van der Waals surface area contributed by atoms with Crippen LogP contribution in [-0.4, -0.2) is 24.8 Å². The zero-order valence-corrected chi connectivity index (χ0v) is 17.9. The highest BCUT2D eigenvalue weighted by Crippen LogP contribution is 2.40. The van der Waals surface area contributed by atoms with E-state index >= 15 is 0 Å². The Hall–Kier alpha value is -2.26. The lowest BCUT2D eigenvalue weighted by atomic mass is 9.88. The third-order valence-corrected chi connectivity index (χ3v) is 6.10. The minimum atomic E-state index is -2.95. The molecule has 1 heterocycles. The van der Waals surface area contributed by atoms with Crippen molar-refractivity contribution in [3.63, 3.8) is 0 Å². The molecule has 3 rings (SSSR count). The van der Waals surface area contributed by atoms with Gasteiger partial charge in [-0.05, 0) is 67.6 Å². The van der Waals surface area contributed by atoms with Crippen molar-refractivity contribution >= 4 is 45.3 Å². The number of nitrogens with one attached hydrogen (secondary N) is 2. The van der Waals surface area contributed by atoms with Gasteiger partial charge in [0.2, 0.25) is 0 Å². The van der Waals surface area contributed by atoms with Crippen molar-refractivity contribution in [3.8, 4) is 5.75 Å². The third-order valence-electron chi connectivity index (χ3n) is 4.73. The molecule has 1 unspecified atom stereocenters. The number of anilines is 2. The maximum atomic E-state index is 12.7. The van der Waals surface area contributed by atoms with E-state index in [-0.39, 0.29) is 10.9 Å². The van der Waals surface area contributed by atoms with Gasteiger partial charge in [-0.1, -0.05) is 13.0 Å². The lowest BCUT2D eigenvalue weighted by molar-refractivity contribution is -0.0493. The Morgan fingerprint density at radius 2 is 2.10 bits per heavy atom. The number of hydrogen-bond donors (Lipinski definition) is 2. The van der Waals surface area contributed by atoms with Crippen molar-refractivity contribution in [2.45, 2.75) is 39.7 Å². The van der Waals surface area contributed by atoms with E-state index < -0.39 is 12.6 Å². The molecule has 1 atom stereocenters. The minimum Gasteiger partial charge on any atom is -0.465 e. The van der Waals surface area contributed by atoms with Crippen LogP contribution in [0.15, 0.2) is 18.2 Å². The molecule has 0 fully saturated rings. The maximum absolute atomic E-state index is 12.7. The van der Waals surface area contributed by atoms with Crippen LogP contribution in [0.25, 0.3) is 0 Å². The van der Waals surface area contributed by atoms with Crippen molar-refractivity contribution in [1.82, 2.24) is 0 Å². The van der Waals surface area contributed by atoms with Crippen LogP contribution in [0.3, 0.4) is 0 Å². The molecule has 2 N–H and O–H groups in total. The number of carbonyl (C=O) groups is 1. The van der Waals surface area contributed by atoms with Crippen LogP contribution in [0.4, 0.5) is 19.5 Å². The zero-order valence-electron chi connectivity index (χ0n) is 16.3. The molecule has 9 heteroatoms. The van der Waals surface area contributed by atoms with Crippen molar-refractivity contribution in [3.05, 3.63) is 39.8 Å². The SMILES string of the molecule is COC(=O)c1c(NC(=S)Nc2cc(C)ccc2OC(F)F)sc2c1CCC(C)C2. The Kier molecular flexibility index (Phi) is 6.69. The zero-order chi connectivity index (χ0) is 21.1. The fraction of sp³-hybridized carbons (Fsp3) is 0.400. The first-order valence-corrected chi connectivity index (χ1v) is 10.4. The second-order valence-electron chi connectivity index (χ2n) is 7.00. The number of aryl methyl sites for hydroxylation is 1. The van der Waals surface area contributed by atoms with Gasteiger partial charge in [0.25, 0.3) is 0 Å². The van der Waals surface area contributed by atoms with E-state index in [2.05, 4.69) is 22.3 Å². The summed E-state index contributed by atoms with van der Waals surface area (Å²) in [4.78, 5) is 13.5. The van der Waals surface area contributed by atoms with Crippen LogP contribution >= 0.6 is 23.6 Å². The topological polar surface area (TPSA) is 59.6 Å². The number of esters is 1. The summed E-state index contributed by atoms with van der Waals surface area (Å²) < 4.78 is 34.9. The first-order valence-electron chi connectivity index (χ1n) is 9.14. The number of ether oxygens (including phenoxy) is 2. The third kappa shape index (κ3) is 5.02. The molecule has 0 aliphatic heterocycles. The standard InChI is InChI=1S/C20H22F2N2O3S2/c1-10-5-7-14(27-19(21)22)13(8-10)23-20(28)24-17-16(18(25)26-3)12-6-4-11(2)9-15(12)29-17/h5,7-8,11,19H,4,6,9H2,1-3H3,(H2,23,24,28). The van der Waals surface area contributed by atoms with E-state index in [1.165, 1.54) is 24.5 Å². The number of alkyl halides is 2. The lowest BCUT2D eigenvalue weighted by Gasteiger charge is -2.18. The first-order chi connectivity index (χ1) is 13.8. The molecule has 0 amide bonds. The number of hydrogen-bond acceptors (Lipinski definition) is 5. The largest absolute Gasteiger partial charge is 0.465 e. The Morgan fingerprint density at radius 3 is 2.79 bits per heavy atom. The average molecular weight is 441 g/mol. The summed E-state index contributed by atoms with van der Waals surface area (Å²) in [7, 11) is 1.35. The molecule has 1 aliphatic carbocycles. The quantitative estimate of drug-likeness (QED) is 0.481. The number of carbonyl (C=O) groups excluding carboxylic acids is 1. The normalized spacial score (nSPS) is 15.6. The molecular formula is C20H22F2N2O3S2. The van der Waals surface area contributed by atoms with Crippen LogP contribution in [0.2, 0.25) is 0 Å². The summed E-state index contributed by atoms with van der Waals surface area (Å²) in [5.74, 6) is 0.118. The number of thiophene rings is 1. The van der Waals surface area contributed by atoms with Crippen LogP contribution in [-0.2, 0) is 17.6 Å². The molecule has 1 aromatic carbocycles. The van der Waals surface area contributed by atoms with Gasteiger partial charge in [-0.25, -0.2) is 4.79 Å². The minimum absolute atomic E-state index is 0.0118. The maximum Gasteiger partial charge on any atom is 0.387 e.